The molecule has 0 saturated carbocycles. The van der Waals surface area contributed by atoms with Crippen LogP contribution >= 0.6 is 11.3 Å². The van der Waals surface area contributed by atoms with Gasteiger partial charge in [-0.2, -0.15) is 0 Å². The quantitative estimate of drug-likeness (QED) is 0.778. The normalized spacial score (nSPS) is 12.9. The Morgan fingerprint density at radius 3 is 2.95 bits per heavy atom. The van der Waals surface area contributed by atoms with Gasteiger partial charge in [0.25, 0.3) is 0 Å². The highest BCUT2D eigenvalue weighted by Crippen LogP contribution is 2.16. The van der Waals surface area contributed by atoms with Crippen molar-refractivity contribution in [3.05, 3.63) is 58.2 Å². The fourth-order valence-corrected chi connectivity index (χ4v) is 3.34. The second-order valence-electron chi connectivity index (χ2n) is 5.20. The average molecular weight is 285 g/mol. The molecule has 3 nitrogen and oxygen atoms in total. The van der Waals surface area contributed by atoms with Gasteiger partial charge in [0.2, 0.25) is 0 Å². The summed E-state index contributed by atoms with van der Waals surface area (Å²) >= 11 is 1.88. The molecular formula is C16H19N3S. The molecule has 3 aromatic rings. The summed E-state index contributed by atoms with van der Waals surface area (Å²) in [7, 11) is 0. The average Bonchev–Trinajstić information content (AvgIpc) is 3.02. The molecule has 1 atom stereocenters. The van der Waals surface area contributed by atoms with Crippen molar-refractivity contribution >= 4 is 17.0 Å². The van der Waals surface area contributed by atoms with Crippen molar-refractivity contribution in [3.8, 4) is 0 Å². The smallest absolute Gasteiger partial charge is 0.137 e. The summed E-state index contributed by atoms with van der Waals surface area (Å²) in [6.07, 6.45) is 5.19. The molecule has 0 aromatic carbocycles. The summed E-state index contributed by atoms with van der Waals surface area (Å²) in [5.74, 6) is 0. The first-order valence-electron chi connectivity index (χ1n) is 6.92. The van der Waals surface area contributed by atoms with Gasteiger partial charge in [0.1, 0.15) is 5.65 Å². The molecule has 0 aliphatic carbocycles. The summed E-state index contributed by atoms with van der Waals surface area (Å²) in [5.41, 5.74) is 2.09. The molecule has 1 N–H and O–H groups in total. The van der Waals surface area contributed by atoms with Gasteiger partial charge in [-0.3, -0.25) is 0 Å². The Balaban J connectivity index is 1.58. The number of aryl methyl sites for hydroxylation is 1. The number of aromatic nitrogens is 2. The Morgan fingerprint density at radius 1 is 1.30 bits per heavy atom. The van der Waals surface area contributed by atoms with E-state index in [0.717, 1.165) is 24.3 Å². The molecule has 0 bridgehead atoms. The van der Waals surface area contributed by atoms with Crippen LogP contribution in [0.4, 0.5) is 0 Å². The number of hydrogen-bond donors (Lipinski definition) is 1. The van der Waals surface area contributed by atoms with Crippen LogP contribution in [0.2, 0.25) is 0 Å². The standard InChI is InChI=1S/C16H19N3S/c1-12(9-15-7-6-13(2)20-15)17-10-14-11-19-8-4-3-5-16(19)18-14/h3-8,11-12,17H,9-10H2,1-2H3. The number of nitrogens with one attached hydrogen (secondary N) is 1. The zero-order valence-electron chi connectivity index (χ0n) is 11.8. The van der Waals surface area contributed by atoms with Gasteiger partial charge < -0.3 is 9.72 Å². The fraction of sp³-hybridized carbons (Fsp3) is 0.312. The second kappa shape index (κ2) is 5.77. The minimum absolute atomic E-state index is 0.456. The van der Waals surface area contributed by atoms with E-state index in [2.05, 4.69) is 46.9 Å². The maximum atomic E-state index is 4.60. The number of rotatable bonds is 5. The number of nitrogens with zero attached hydrogens (tertiary/aromatic N) is 2. The van der Waals surface area contributed by atoms with Crippen LogP contribution in [-0.4, -0.2) is 15.4 Å². The zero-order chi connectivity index (χ0) is 13.9. The summed E-state index contributed by atoms with van der Waals surface area (Å²) in [4.78, 5) is 7.42. The summed E-state index contributed by atoms with van der Waals surface area (Å²) < 4.78 is 2.06. The number of fused-ring (bicyclic) bond motifs is 1. The molecule has 3 heterocycles. The van der Waals surface area contributed by atoms with Crippen LogP contribution in [0.15, 0.2) is 42.7 Å². The van der Waals surface area contributed by atoms with E-state index >= 15 is 0 Å². The van der Waals surface area contributed by atoms with Crippen LogP contribution in [0, 0.1) is 6.92 Å². The second-order valence-corrected chi connectivity index (χ2v) is 6.57. The molecule has 0 spiro atoms. The Labute approximate surface area is 123 Å². The van der Waals surface area contributed by atoms with Crippen molar-refractivity contribution in [2.45, 2.75) is 32.9 Å². The molecule has 0 amide bonds. The van der Waals surface area contributed by atoms with Gasteiger partial charge in [0.05, 0.1) is 5.69 Å². The van der Waals surface area contributed by atoms with Gasteiger partial charge in [-0.05, 0) is 44.5 Å². The van der Waals surface area contributed by atoms with Gasteiger partial charge in [0.15, 0.2) is 0 Å². The molecule has 0 fully saturated rings. The monoisotopic (exact) mass is 285 g/mol. The van der Waals surface area contributed by atoms with Crippen molar-refractivity contribution in [1.82, 2.24) is 14.7 Å². The zero-order valence-corrected chi connectivity index (χ0v) is 12.7. The van der Waals surface area contributed by atoms with Crippen LogP contribution in [-0.2, 0) is 13.0 Å². The molecule has 0 radical (unpaired) electrons. The Hall–Kier alpha value is -1.65. The van der Waals surface area contributed by atoms with E-state index in [-0.39, 0.29) is 0 Å². The lowest BCUT2D eigenvalue weighted by Gasteiger charge is -2.11. The maximum absolute atomic E-state index is 4.60. The number of thiophene rings is 1. The molecule has 3 rings (SSSR count). The fourth-order valence-electron chi connectivity index (χ4n) is 2.32. The Morgan fingerprint density at radius 2 is 2.20 bits per heavy atom. The van der Waals surface area contributed by atoms with Crippen molar-refractivity contribution in [3.63, 3.8) is 0 Å². The van der Waals surface area contributed by atoms with E-state index in [9.17, 15) is 0 Å². The molecule has 4 heteroatoms. The Kier molecular flexibility index (Phi) is 3.85. The SMILES string of the molecule is Cc1ccc(CC(C)NCc2cn3ccccc3n2)s1. The van der Waals surface area contributed by atoms with Crippen molar-refractivity contribution in [1.29, 1.82) is 0 Å². The van der Waals surface area contributed by atoms with Gasteiger partial charge in [0, 0.05) is 34.7 Å². The van der Waals surface area contributed by atoms with Crippen LogP contribution in [0.25, 0.3) is 5.65 Å². The lowest BCUT2D eigenvalue weighted by atomic mass is 10.2. The van der Waals surface area contributed by atoms with E-state index in [1.807, 2.05) is 35.7 Å². The van der Waals surface area contributed by atoms with Crippen molar-refractivity contribution < 1.29 is 0 Å². The molecule has 0 saturated heterocycles. The third-order valence-corrected chi connectivity index (χ3v) is 4.37. The highest BCUT2D eigenvalue weighted by Gasteiger charge is 2.06. The number of imidazole rings is 1. The van der Waals surface area contributed by atoms with Crippen LogP contribution in [0.5, 0.6) is 0 Å². The largest absolute Gasteiger partial charge is 0.308 e. The van der Waals surface area contributed by atoms with Crippen LogP contribution in [0.1, 0.15) is 22.4 Å². The molecular weight excluding hydrogens is 266 g/mol. The Bertz CT molecular complexity index is 665. The molecule has 1 unspecified atom stereocenters. The third kappa shape index (κ3) is 3.08. The van der Waals surface area contributed by atoms with Crippen LogP contribution < -0.4 is 5.32 Å². The van der Waals surface area contributed by atoms with Gasteiger partial charge in [-0.25, -0.2) is 4.98 Å². The highest BCUT2D eigenvalue weighted by molar-refractivity contribution is 7.11. The predicted octanol–water partition coefficient (Wildman–Crippen LogP) is 3.43. The summed E-state index contributed by atoms with van der Waals surface area (Å²) in [5, 5.41) is 3.55. The molecule has 20 heavy (non-hydrogen) atoms. The van der Waals surface area contributed by atoms with E-state index < -0.39 is 0 Å². The summed E-state index contributed by atoms with van der Waals surface area (Å²) in [6.45, 7) is 5.20. The minimum atomic E-state index is 0.456. The lowest BCUT2D eigenvalue weighted by molar-refractivity contribution is 0.544. The summed E-state index contributed by atoms with van der Waals surface area (Å²) in [6, 6.07) is 10.9. The van der Waals surface area contributed by atoms with E-state index in [1.54, 1.807) is 0 Å². The molecule has 104 valence electrons. The van der Waals surface area contributed by atoms with E-state index in [1.165, 1.54) is 9.75 Å². The highest BCUT2D eigenvalue weighted by atomic mass is 32.1. The van der Waals surface area contributed by atoms with Gasteiger partial charge >= 0.3 is 0 Å². The molecule has 0 aliphatic heterocycles. The molecule has 3 aromatic heterocycles. The minimum Gasteiger partial charge on any atom is -0.308 e. The first kappa shape index (κ1) is 13.3. The predicted molar refractivity (Wildman–Crippen MR) is 84.3 cm³/mol. The van der Waals surface area contributed by atoms with E-state index in [4.69, 9.17) is 0 Å². The molecule has 0 aliphatic rings. The third-order valence-electron chi connectivity index (χ3n) is 3.35. The van der Waals surface area contributed by atoms with Crippen molar-refractivity contribution in [2.75, 3.05) is 0 Å². The number of pyridine rings is 1. The van der Waals surface area contributed by atoms with Crippen molar-refractivity contribution in [2.24, 2.45) is 0 Å². The van der Waals surface area contributed by atoms with Gasteiger partial charge in [-0.1, -0.05) is 6.07 Å². The topological polar surface area (TPSA) is 29.3 Å². The number of hydrogen-bond acceptors (Lipinski definition) is 3. The van der Waals surface area contributed by atoms with Gasteiger partial charge in [-0.15, -0.1) is 11.3 Å². The first-order chi connectivity index (χ1) is 9.70. The lowest BCUT2D eigenvalue weighted by Crippen LogP contribution is -2.27. The van der Waals surface area contributed by atoms with Crippen LogP contribution in [0.3, 0.4) is 0 Å². The maximum Gasteiger partial charge on any atom is 0.137 e. The van der Waals surface area contributed by atoms with E-state index in [0.29, 0.717) is 6.04 Å². The first-order valence-corrected chi connectivity index (χ1v) is 7.73.